The molecule has 32 heavy (non-hydrogen) atoms. The van der Waals surface area contributed by atoms with Crippen LogP contribution >= 0.6 is 11.8 Å². The molecule has 0 spiro atoms. The Balaban J connectivity index is 1.49. The molecular formula is C25H39N3O3S. The smallest absolute Gasteiger partial charge is 0.254 e. The van der Waals surface area contributed by atoms with Crippen LogP contribution < -0.4 is 5.32 Å². The molecule has 0 bridgehead atoms. The Bertz CT molecular complexity index is 769. The molecule has 2 saturated heterocycles. The number of carbonyl (C=O) groups is 2. The van der Waals surface area contributed by atoms with Gasteiger partial charge in [-0.25, -0.2) is 0 Å². The van der Waals surface area contributed by atoms with E-state index >= 15 is 0 Å². The summed E-state index contributed by atoms with van der Waals surface area (Å²) >= 11 is 1.71. The molecule has 2 aliphatic heterocycles. The number of hydrogen-bond acceptors (Lipinski definition) is 5. The van der Waals surface area contributed by atoms with Gasteiger partial charge in [0, 0.05) is 49.4 Å². The molecule has 1 aromatic carbocycles. The number of nitrogens with one attached hydrogen (secondary N) is 1. The zero-order valence-electron chi connectivity index (χ0n) is 20.1. The maximum absolute atomic E-state index is 13.2. The molecule has 2 aliphatic rings. The predicted molar refractivity (Wildman–Crippen MR) is 130 cm³/mol. The molecule has 2 heterocycles. The number of benzene rings is 1. The Kier molecular flexibility index (Phi) is 9.03. The Morgan fingerprint density at radius 1 is 1.19 bits per heavy atom. The topological polar surface area (TPSA) is 61.9 Å². The number of amides is 2. The van der Waals surface area contributed by atoms with Crippen LogP contribution in [0, 0.1) is 11.3 Å². The average Bonchev–Trinajstić information content (AvgIpc) is 3.29. The highest BCUT2D eigenvalue weighted by Crippen LogP contribution is 2.29. The van der Waals surface area contributed by atoms with Crippen LogP contribution in [0.25, 0.3) is 0 Å². The summed E-state index contributed by atoms with van der Waals surface area (Å²) < 4.78 is 5.73. The quantitative estimate of drug-likeness (QED) is 0.570. The summed E-state index contributed by atoms with van der Waals surface area (Å²) in [6.07, 6.45) is 3.96. The van der Waals surface area contributed by atoms with Crippen LogP contribution in [0.4, 0.5) is 0 Å². The zero-order valence-corrected chi connectivity index (χ0v) is 20.9. The zero-order chi connectivity index (χ0) is 23.1. The fourth-order valence-corrected chi connectivity index (χ4v) is 5.74. The van der Waals surface area contributed by atoms with Crippen molar-refractivity contribution in [2.24, 2.45) is 11.3 Å². The lowest BCUT2D eigenvalue weighted by Crippen LogP contribution is -2.46. The number of likely N-dealkylation sites (tertiary alicyclic amines) is 1. The number of thioether (sulfide) groups is 1. The number of piperidine rings is 1. The first kappa shape index (κ1) is 25.1. The van der Waals surface area contributed by atoms with Crippen LogP contribution in [0.15, 0.2) is 29.2 Å². The number of hydrogen-bond donors (Lipinski definition) is 1. The largest absolute Gasteiger partial charge is 0.377 e. The predicted octanol–water partition coefficient (Wildman–Crippen LogP) is 3.51. The first-order chi connectivity index (χ1) is 15.2. The summed E-state index contributed by atoms with van der Waals surface area (Å²) in [6.45, 7) is 8.03. The molecule has 0 aliphatic carbocycles. The van der Waals surface area contributed by atoms with Gasteiger partial charge in [-0.3, -0.25) is 9.59 Å². The van der Waals surface area contributed by atoms with E-state index in [1.807, 2.05) is 29.2 Å². The van der Waals surface area contributed by atoms with Gasteiger partial charge in [0.2, 0.25) is 5.91 Å². The maximum Gasteiger partial charge on any atom is 0.254 e. The molecule has 178 valence electrons. The highest BCUT2D eigenvalue weighted by Gasteiger charge is 2.30. The summed E-state index contributed by atoms with van der Waals surface area (Å²) in [6, 6.07) is 7.87. The number of nitrogens with zero attached hydrogens (tertiary/aromatic N) is 2. The van der Waals surface area contributed by atoms with E-state index in [0.29, 0.717) is 25.7 Å². The highest BCUT2D eigenvalue weighted by atomic mass is 32.2. The first-order valence-corrected chi connectivity index (χ1v) is 12.8. The second-order valence-electron chi connectivity index (χ2n) is 10.1. The summed E-state index contributed by atoms with van der Waals surface area (Å²) in [5.74, 6) is 1.07. The molecular weight excluding hydrogens is 422 g/mol. The van der Waals surface area contributed by atoms with Crippen molar-refractivity contribution in [2.45, 2.75) is 50.5 Å². The highest BCUT2D eigenvalue weighted by molar-refractivity contribution is 7.99. The molecule has 2 amide bonds. The summed E-state index contributed by atoms with van der Waals surface area (Å²) in [5, 5.41) is 3.14. The van der Waals surface area contributed by atoms with Crippen molar-refractivity contribution in [3.8, 4) is 0 Å². The number of ether oxygens (including phenoxy) is 1. The molecule has 1 atom stereocenters. The minimum Gasteiger partial charge on any atom is -0.377 e. The van der Waals surface area contributed by atoms with Crippen LogP contribution in [-0.4, -0.2) is 80.4 Å². The average molecular weight is 462 g/mol. The molecule has 0 radical (unpaired) electrons. The monoisotopic (exact) mass is 461 g/mol. The third-order valence-electron chi connectivity index (χ3n) is 6.20. The molecule has 1 unspecified atom stereocenters. The lowest BCUT2D eigenvalue weighted by atomic mass is 9.91. The summed E-state index contributed by atoms with van der Waals surface area (Å²) in [4.78, 5) is 31.0. The van der Waals surface area contributed by atoms with Gasteiger partial charge in [-0.1, -0.05) is 26.0 Å². The van der Waals surface area contributed by atoms with Gasteiger partial charge in [-0.05, 0) is 57.3 Å². The molecule has 2 fully saturated rings. The van der Waals surface area contributed by atoms with Crippen LogP contribution in [-0.2, 0) is 9.53 Å². The Labute approximate surface area is 197 Å². The third kappa shape index (κ3) is 7.22. The maximum atomic E-state index is 13.2. The van der Waals surface area contributed by atoms with E-state index in [1.54, 1.807) is 11.8 Å². The molecule has 6 nitrogen and oxygen atoms in total. The van der Waals surface area contributed by atoms with E-state index in [0.717, 1.165) is 55.0 Å². The normalized spacial score (nSPS) is 20.0. The van der Waals surface area contributed by atoms with Crippen molar-refractivity contribution in [3.05, 3.63) is 29.8 Å². The van der Waals surface area contributed by atoms with E-state index in [2.05, 4.69) is 38.2 Å². The molecule has 3 rings (SSSR count). The van der Waals surface area contributed by atoms with Gasteiger partial charge >= 0.3 is 0 Å². The van der Waals surface area contributed by atoms with Crippen molar-refractivity contribution < 1.29 is 14.3 Å². The second-order valence-corrected chi connectivity index (χ2v) is 11.2. The Morgan fingerprint density at radius 2 is 1.91 bits per heavy atom. The van der Waals surface area contributed by atoms with Crippen molar-refractivity contribution in [2.75, 3.05) is 52.6 Å². The number of carbonyl (C=O) groups excluding carboxylic acids is 2. The second kappa shape index (κ2) is 11.5. The first-order valence-electron chi connectivity index (χ1n) is 11.8. The van der Waals surface area contributed by atoms with Crippen molar-refractivity contribution >= 4 is 23.6 Å². The van der Waals surface area contributed by atoms with Gasteiger partial charge in [0.15, 0.2) is 0 Å². The van der Waals surface area contributed by atoms with Crippen molar-refractivity contribution in [1.29, 1.82) is 0 Å². The van der Waals surface area contributed by atoms with Crippen LogP contribution in [0.3, 0.4) is 0 Å². The Hall–Kier alpha value is -1.57. The van der Waals surface area contributed by atoms with Gasteiger partial charge in [0.05, 0.1) is 11.7 Å². The van der Waals surface area contributed by atoms with E-state index in [-0.39, 0.29) is 23.1 Å². The van der Waals surface area contributed by atoms with Crippen LogP contribution in [0.5, 0.6) is 0 Å². The third-order valence-corrected chi connectivity index (χ3v) is 7.41. The van der Waals surface area contributed by atoms with Gasteiger partial charge in [-0.2, -0.15) is 0 Å². The SMILES string of the molecule is CN(C)CC(C)(C)CNC(=O)C1CCN(C(=O)c2ccccc2SCC2CCCO2)CC1. The molecule has 1 N–H and O–H groups in total. The number of rotatable bonds is 9. The van der Waals surface area contributed by atoms with Gasteiger partial charge < -0.3 is 19.9 Å². The van der Waals surface area contributed by atoms with Crippen LogP contribution in [0.2, 0.25) is 0 Å². The van der Waals surface area contributed by atoms with Gasteiger partial charge in [0.25, 0.3) is 5.91 Å². The molecule has 1 aromatic rings. The fraction of sp³-hybridized carbons (Fsp3) is 0.680. The summed E-state index contributed by atoms with van der Waals surface area (Å²) in [5.41, 5.74) is 0.796. The van der Waals surface area contributed by atoms with E-state index in [9.17, 15) is 9.59 Å². The molecule has 7 heteroatoms. The minimum atomic E-state index is -0.0154. The summed E-state index contributed by atoms with van der Waals surface area (Å²) in [7, 11) is 4.10. The van der Waals surface area contributed by atoms with E-state index < -0.39 is 0 Å². The Morgan fingerprint density at radius 3 is 2.56 bits per heavy atom. The molecule has 0 saturated carbocycles. The lowest BCUT2D eigenvalue weighted by Gasteiger charge is -2.33. The van der Waals surface area contributed by atoms with Gasteiger partial charge in [-0.15, -0.1) is 11.8 Å². The fourth-order valence-electron chi connectivity index (χ4n) is 4.63. The standard InChI is InChI=1S/C25H39N3O3S/c1-25(2,18-27(3)4)17-26-23(29)19-11-13-28(14-12-19)24(30)21-9-5-6-10-22(21)32-16-20-8-7-15-31-20/h5-6,9-10,19-20H,7-8,11-18H2,1-4H3,(H,26,29). The van der Waals surface area contributed by atoms with Crippen LogP contribution in [0.1, 0.15) is 49.9 Å². The van der Waals surface area contributed by atoms with Crippen molar-refractivity contribution in [3.63, 3.8) is 0 Å². The lowest BCUT2D eigenvalue weighted by molar-refractivity contribution is -0.126. The van der Waals surface area contributed by atoms with Crippen molar-refractivity contribution in [1.82, 2.24) is 15.1 Å². The van der Waals surface area contributed by atoms with E-state index in [4.69, 9.17) is 4.74 Å². The van der Waals surface area contributed by atoms with Gasteiger partial charge in [0.1, 0.15) is 0 Å². The molecule has 0 aromatic heterocycles. The minimum absolute atomic E-state index is 0.0154. The van der Waals surface area contributed by atoms with E-state index in [1.165, 1.54) is 0 Å².